The largest absolute Gasteiger partial charge is 0.246 e. The first kappa shape index (κ1) is 9.59. The summed E-state index contributed by atoms with van der Waals surface area (Å²) in [4.78, 5) is 0. The van der Waals surface area contributed by atoms with Crippen LogP contribution in [0.2, 0.25) is 0 Å². The average Bonchev–Trinajstić information content (AvgIpc) is 3.05. The maximum Gasteiger partial charge on any atom is 0.115 e. The molecule has 0 bridgehead atoms. The molecule has 0 N–H and O–H groups in total. The molecule has 0 heterocycles. The Kier molecular flexibility index (Phi) is 2.06. The Labute approximate surface area is 94.7 Å². The van der Waals surface area contributed by atoms with Crippen molar-refractivity contribution >= 4 is 0 Å². The molecule has 3 rings (SSSR count). The van der Waals surface area contributed by atoms with Gasteiger partial charge in [0.2, 0.25) is 0 Å². The van der Waals surface area contributed by atoms with E-state index in [1.807, 2.05) is 60.7 Å². The molecule has 0 radical (unpaired) electrons. The van der Waals surface area contributed by atoms with Gasteiger partial charge in [-0.25, -0.2) is 4.39 Å². The Balaban J connectivity index is 2.10. The molecule has 1 fully saturated rings. The molecule has 1 atom stereocenters. The van der Waals surface area contributed by atoms with E-state index in [0.29, 0.717) is 6.42 Å². The van der Waals surface area contributed by atoms with E-state index in [-0.39, 0.29) is 5.41 Å². The van der Waals surface area contributed by atoms with Crippen molar-refractivity contribution in [2.45, 2.75) is 18.0 Å². The molecule has 1 unspecified atom stereocenters. The van der Waals surface area contributed by atoms with Gasteiger partial charge in [0.25, 0.3) is 0 Å². The molecule has 80 valence electrons. The van der Waals surface area contributed by atoms with Crippen LogP contribution in [-0.2, 0) is 5.41 Å². The van der Waals surface area contributed by atoms with Crippen LogP contribution in [0.4, 0.5) is 4.39 Å². The molecule has 1 aliphatic rings. The number of hydrogen-bond donors (Lipinski definition) is 0. The molecule has 1 heteroatoms. The van der Waals surface area contributed by atoms with Gasteiger partial charge in [0, 0.05) is 0 Å². The number of benzene rings is 2. The summed E-state index contributed by atoms with van der Waals surface area (Å²) in [6.45, 7) is 0. The maximum atomic E-state index is 13.8. The molecule has 16 heavy (non-hydrogen) atoms. The summed E-state index contributed by atoms with van der Waals surface area (Å²) < 4.78 is 13.8. The van der Waals surface area contributed by atoms with E-state index in [1.165, 1.54) is 0 Å². The monoisotopic (exact) mass is 212 g/mol. The fourth-order valence-corrected chi connectivity index (χ4v) is 2.46. The van der Waals surface area contributed by atoms with E-state index in [9.17, 15) is 4.39 Å². The lowest BCUT2D eigenvalue weighted by Crippen LogP contribution is -2.12. The van der Waals surface area contributed by atoms with Crippen molar-refractivity contribution in [3.8, 4) is 0 Å². The fourth-order valence-electron chi connectivity index (χ4n) is 2.46. The van der Waals surface area contributed by atoms with Crippen LogP contribution in [0.5, 0.6) is 0 Å². The summed E-state index contributed by atoms with van der Waals surface area (Å²) >= 11 is 0. The summed E-state index contributed by atoms with van der Waals surface area (Å²) in [7, 11) is 0. The highest BCUT2D eigenvalue weighted by Gasteiger charge is 2.57. The number of alkyl halides is 1. The van der Waals surface area contributed by atoms with E-state index in [0.717, 1.165) is 11.1 Å². The Bertz CT molecular complexity index is 436. The second-order valence-corrected chi connectivity index (χ2v) is 4.38. The van der Waals surface area contributed by atoms with Gasteiger partial charge in [0.1, 0.15) is 6.17 Å². The lowest BCUT2D eigenvalue weighted by Gasteiger charge is -2.16. The van der Waals surface area contributed by atoms with Crippen LogP contribution in [-0.4, -0.2) is 6.17 Å². The topological polar surface area (TPSA) is 0 Å². The number of halogens is 1. The third kappa shape index (κ3) is 1.28. The quantitative estimate of drug-likeness (QED) is 0.711. The SMILES string of the molecule is FC1CC1(c1ccccc1)c1ccccc1. The molecule has 2 aromatic rings. The summed E-state index contributed by atoms with van der Waals surface area (Å²) in [6, 6.07) is 19.9. The van der Waals surface area contributed by atoms with Crippen LogP contribution >= 0.6 is 0 Å². The highest BCUT2D eigenvalue weighted by Crippen LogP contribution is 2.55. The third-order valence-corrected chi connectivity index (χ3v) is 3.45. The van der Waals surface area contributed by atoms with Crippen molar-refractivity contribution in [2.75, 3.05) is 0 Å². The van der Waals surface area contributed by atoms with Crippen LogP contribution in [0.25, 0.3) is 0 Å². The van der Waals surface area contributed by atoms with Gasteiger partial charge in [-0.3, -0.25) is 0 Å². The van der Waals surface area contributed by atoms with Gasteiger partial charge < -0.3 is 0 Å². The Morgan fingerprint density at radius 2 is 1.19 bits per heavy atom. The van der Waals surface area contributed by atoms with Gasteiger partial charge in [-0.15, -0.1) is 0 Å². The first-order valence-electron chi connectivity index (χ1n) is 5.59. The van der Waals surface area contributed by atoms with Crippen LogP contribution in [0, 0.1) is 0 Å². The molecule has 0 amide bonds. The van der Waals surface area contributed by atoms with Crippen molar-refractivity contribution in [3.63, 3.8) is 0 Å². The Morgan fingerprint density at radius 1 is 0.812 bits per heavy atom. The third-order valence-electron chi connectivity index (χ3n) is 3.45. The van der Waals surface area contributed by atoms with Gasteiger partial charge in [0.15, 0.2) is 0 Å². The van der Waals surface area contributed by atoms with Gasteiger partial charge in [-0.1, -0.05) is 60.7 Å². The summed E-state index contributed by atoms with van der Waals surface area (Å²) in [5.41, 5.74) is 1.81. The molecule has 0 saturated heterocycles. The highest BCUT2D eigenvalue weighted by molar-refractivity contribution is 5.47. The molecular weight excluding hydrogens is 199 g/mol. The molecule has 0 spiro atoms. The van der Waals surface area contributed by atoms with Gasteiger partial charge in [-0.05, 0) is 17.5 Å². The second kappa shape index (κ2) is 3.44. The van der Waals surface area contributed by atoms with Crippen LogP contribution < -0.4 is 0 Å². The first-order chi connectivity index (χ1) is 7.84. The van der Waals surface area contributed by atoms with E-state index in [4.69, 9.17) is 0 Å². The van der Waals surface area contributed by atoms with Gasteiger partial charge >= 0.3 is 0 Å². The predicted octanol–water partition coefficient (Wildman–Crippen LogP) is 3.71. The lowest BCUT2D eigenvalue weighted by atomic mass is 9.88. The smallest absolute Gasteiger partial charge is 0.115 e. The normalized spacial score (nSPS) is 21.7. The predicted molar refractivity (Wildman–Crippen MR) is 63.2 cm³/mol. The highest BCUT2D eigenvalue weighted by atomic mass is 19.1. The standard InChI is InChI=1S/C15H13F/c16-14-11-15(14,12-7-3-1-4-8-12)13-9-5-2-6-10-13/h1-10,14H,11H2. The Hall–Kier alpha value is -1.63. The molecule has 0 nitrogen and oxygen atoms in total. The van der Waals surface area contributed by atoms with Crippen molar-refractivity contribution in [2.24, 2.45) is 0 Å². The zero-order valence-electron chi connectivity index (χ0n) is 8.94. The minimum Gasteiger partial charge on any atom is -0.246 e. The molecule has 1 aliphatic carbocycles. The molecular formula is C15H13F. The van der Waals surface area contributed by atoms with Gasteiger partial charge in [-0.2, -0.15) is 0 Å². The maximum absolute atomic E-state index is 13.8. The van der Waals surface area contributed by atoms with E-state index >= 15 is 0 Å². The zero-order valence-corrected chi connectivity index (χ0v) is 8.94. The average molecular weight is 212 g/mol. The summed E-state index contributed by atoms with van der Waals surface area (Å²) in [5, 5.41) is 0. The molecule has 2 aromatic carbocycles. The van der Waals surface area contributed by atoms with E-state index in [2.05, 4.69) is 0 Å². The number of hydrogen-bond acceptors (Lipinski definition) is 0. The van der Waals surface area contributed by atoms with E-state index < -0.39 is 6.17 Å². The molecule has 0 aromatic heterocycles. The van der Waals surface area contributed by atoms with Crippen molar-refractivity contribution in [3.05, 3.63) is 71.8 Å². The van der Waals surface area contributed by atoms with Crippen LogP contribution in [0.15, 0.2) is 60.7 Å². The van der Waals surface area contributed by atoms with E-state index in [1.54, 1.807) is 0 Å². The van der Waals surface area contributed by atoms with Crippen molar-refractivity contribution in [1.29, 1.82) is 0 Å². The zero-order chi connectivity index (χ0) is 11.0. The minimum absolute atomic E-state index is 0.372. The van der Waals surface area contributed by atoms with Crippen molar-refractivity contribution in [1.82, 2.24) is 0 Å². The number of rotatable bonds is 2. The van der Waals surface area contributed by atoms with Crippen LogP contribution in [0.1, 0.15) is 17.5 Å². The van der Waals surface area contributed by atoms with Crippen LogP contribution in [0.3, 0.4) is 0 Å². The second-order valence-electron chi connectivity index (χ2n) is 4.38. The van der Waals surface area contributed by atoms with Crippen molar-refractivity contribution < 1.29 is 4.39 Å². The summed E-state index contributed by atoms with van der Waals surface area (Å²) in [5.74, 6) is 0. The van der Waals surface area contributed by atoms with Gasteiger partial charge in [0.05, 0.1) is 5.41 Å². The minimum atomic E-state index is -0.739. The molecule has 1 saturated carbocycles. The first-order valence-corrected chi connectivity index (χ1v) is 5.59. The fraction of sp³-hybridized carbons (Fsp3) is 0.200. The Morgan fingerprint density at radius 3 is 1.50 bits per heavy atom. The molecule has 0 aliphatic heterocycles. The summed E-state index contributed by atoms with van der Waals surface area (Å²) in [6.07, 6.45) is -0.126. The lowest BCUT2D eigenvalue weighted by molar-refractivity contribution is 0.442.